The molecular formula is C10H14ClNO2. The Balaban J connectivity index is 3.29. The summed E-state index contributed by atoms with van der Waals surface area (Å²) in [6.45, 7) is 4.16. The summed E-state index contributed by atoms with van der Waals surface area (Å²) >= 11 is 6.08. The van der Waals surface area contributed by atoms with E-state index in [1.807, 2.05) is 19.9 Å². The minimum absolute atomic E-state index is 0.328. The maximum atomic E-state index is 8.68. The molecule has 0 aliphatic rings. The number of hydrogen-bond acceptors (Lipinski definition) is 3. The van der Waals surface area contributed by atoms with Crippen LogP contribution in [0, 0.1) is 13.8 Å². The highest BCUT2D eigenvalue weighted by Crippen LogP contribution is 2.31. The van der Waals surface area contributed by atoms with Crippen LogP contribution in [0.15, 0.2) is 6.07 Å². The molecule has 0 radical (unpaired) electrons. The molecule has 0 aromatic heterocycles. The molecule has 1 rings (SSSR count). The number of ether oxygens (including phenoxy) is 1. The van der Waals surface area contributed by atoms with Crippen molar-refractivity contribution in [3.8, 4) is 5.75 Å². The van der Waals surface area contributed by atoms with E-state index in [0.717, 1.165) is 27.5 Å². The molecular weight excluding hydrogens is 202 g/mol. The minimum Gasteiger partial charge on any atom is -0.496 e. The second-order valence-corrected chi connectivity index (χ2v) is 3.53. The molecule has 0 heterocycles. The summed E-state index contributed by atoms with van der Waals surface area (Å²) in [5.74, 6) is 0.742. The summed E-state index contributed by atoms with van der Waals surface area (Å²) in [5.41, 5.74) is 4.90. The smallest absolute Gasteiger partial charge is 0.124 e. The van der Waals surface area contributed by atoms with Crippen molar-refractivity contribution in [3.63, 3.8) is 0 Å². The summed E-state index contributed by atoms with van der Waals surface area (Å²) in [6.07, 6.45) is 0. The van der Waals surface area contributed by atoms with Gasteiger partial charge in [0.2, 0.25) is 0 Å². The van der Waals surface area contributed by atoms with Crippen LogP contribution in [-0.2, 0) is 6.54 Å². The van der Waals surface area contributed by atoms with Gasteiger partial charge in [-0.2, -0.15) is 0 Å². The van der Waals surface area contributed by atoms with Gasteiger partial charge in [-0.25, -0.2) is 5.48 Å². The van der Waals surface area contributed by atoms with Crippen molar-refractivity contribution >= 4 is 11.6 Å². The van der Waals surface area contributed by atoms with Gasteiger partial charge in [0.15, 0.2) is 0 Å². The molecule has 4 heteroatoms. The Bertz CT molecular complexity index is 339. The lowest BCUT2D eigenvalue weighted by atomic mass is 10.0. The number of rotatable bonds is 3. The van der Waals surface area contributed by atoms with Crippen molar-refractivity contribution in [2.75, 3.05) is 7.11 Å². The van der Waals surface area contributed by atoms with Gasteiger partial charge >= 0.3 is 0 Å². The van der Waals surface area contributed by atoms with Crippen LogP contribution in [0.25, 0.3) is 0 Å². The SMILES string of the molecule is COc1cc(C)c(Cl)c(C)c1CNO. The number of aryl methyl sites for hydroxylation is 1. The van der Waals surface area contributed by atoms with Crippen molar-refractivity contribution in [1.29, 1.82) is 0 Å². The van der Waals surface area contributed by atoms with Crippen molar-refractivity contribution in [1.82, 2.24) is 5.48 Å². The van der Waals surface area contributed by atoms with Gasteiger partial charge in [-0.05, 0) is 31.0 Å². The standard InChI is InChI=1S/C10H14ClNO2/c1-6-4-9(14-3)8(5-12-13)7(2)10(6)11/h4,12-13H,5H2,1-3H3. The van der Waals surface area contributed by atoms with Gasteiger partial charge in [0.1, 0.15) is 5.75 Å². The van der Waals surface area contributed by atoms with Crippen LogP contribution in [-0.4, -0.2) is 12.3 Å². The molecule has 78 valence electrons. The topological polar surface area (TPSA) is 41.5 Å². The van der Waals surface area contributed by atoms with E-state index in [1.165, 1.54) is 0 Å². The first-order valence-electron chi connectivity index (χ1n) is 4.31. The molecule has 1 aromatic carbocycles. The first kappa shape index (κ1) is 11.3. The number of hydrogen-bond donors (Lipinski definition) is 2. The average molecular weight is 216 g/mol. The molecule has 0 unspecified atom stereocenters. The summed E-state index contributed by atoms with van der Waals surface area (Å²) < 4.78 is 5.20. The molecule has 2 N–H and O–H groups in total. The highest BCUT2D eigenvalue weighted by atomic mass is 35.5. The first-order valence-corrected chi connectivity index (χ1v) is 4.69. The third kappa shape index (κ3) is 2.00. The van der Waals surface area contributed by atoms with Gasteiger partial charge in [0.05, 0.1) is 7.11 Å². The molecule has 1 aromatic rings. The number of methoxy groups -OCH3 is 1. The van der Waals surface area contributed by atoms with Gasteiger partial charge in [-0.1, -0.05) is 11.6 Å². The Labute approximate surface area is 88.6 Å². The van der Waals surface area contributed by atoms with Gasteiger partial charge in [0.25, 0.3) is 0 Å². The van der Waals surface area contributed by atoms with Crippen molar-refractivity contribution in [3.05, 3.63) is 27.8 Å². The fourth-order valence-corrected chi connectivity index (χ4v) is 1.61. The summed E-state index contributed by atoms with van der Waals surface area (Å²) in [5, 5.41) is 9.39. The van der Waals surface area contributed by atoms with E-state index < -0.39 is 0 Å². The van der Waals surface area contributed by atoms with E-state index in [-0.39, 0.29) is 0 Å². The van der Waals surface area contributed by atoms with Crippen LogP contribution in [0.4, 0.5) is 0 Å². The molecule has 14 heavy (non-hydrogen) atoms. The van der Waals surface area contributed by atoms with Crippen LogP contribution in [0.5, 0.6) is 5.75 Å². The second-order valence-electron chi connectivity index (χ2n) is 3.15. The first-order chi connectivity index (χ1) is 6.61. The van der Waals surface area contributed by atoms with Gasteiger partial charge < -0.3 is 9.94 Å². The predicted octanol–water partition coefficient (Wildman–Crippen LogP) is 2.44. The third-order valence-electron chi connectivity index (χ3n) is 2.25. The maximum Gasteiger partial charge on any atom is 0.124 e. The predicted molar refractivity (Wildman–Crippen MR) is 56.1 cm³/mol. The summed E-state index contributed by atoms with van der Waals surface area (Å²) in [6, 6.07) is 1.86. The van der Waals surface area contributed by atoms with Gasteiger partial charge in [-0.15, -0.1) is 0 Å². The number of hydroxylamine groups is 1. The third-order valence-corrected chi connectivity index (χ3v) is 2.83. The molecule has 3 nitrogen and oxygen atoms in total. The molecule has 0 fully saturated rings. The van der Waals surface area contributed by atoms with Crippen molar-refractivity contribution in [2.24, 2.45) is 0 Å². The summed E-state index contributed by atoms with van der Waals surface area (Å²) in [7, 11) is 1.60. The fraction of sp³-hybridized carbons (Fsp3) is 0.400. The van der Waals surface area contributed by atoms with E-state index in [1.54, 1.807) is 7.11 Å². The zero-order valence-corrected chi connectivity index (χ0v) is 9.27. The molecule has 0 spiro atoms. The van der Waals surface area contributed by atoms with E-state index in [0.29, 0.717) is 6.54 Å². The largest absolute Gasteiger partial charge is 0.496 e. The van der Waals surface area contributed by atoms with Crippen LogP contribution in [0.3, 0.4) is 0 Å². The summed E-state index contributed by atoms with van der Waals surface area (Å²) in [4.78, 5) is 0. The minimum atomic E-state index is 0.328. The van der Waals surface area contributed by atoms with E-state index >= 15 is 0 Å². The highest BCUT2D eigenvalue weighted by Gasteiger charge is 2.11. The van der Waals surface area contributed by atoms with Gasteiger partial charge in [0, 0.05) is 17.1 Å². The monoisotopic (exact) mass is 215 g/mol. The zero-order chi connectivity index (χ0) is 10.7. The Morgan fingerprint density at radius 2 is 2.14 bits per heavy atom. The second kappa shape index (κ2) is 4.64. The molecule has 0 amide bonds. The van der Waals surface area contributed by atoms with Crippen molar-refractivity contribution in [2.45, 2.75) is 20.4 Å². The molecule has 0 saturated carbocycles. The van der Waals surface area contributed by atoms with Crippen LogP contribution in [0.2, 0.25) is 5.02 Å². The Morgan fingerprint density at radius 3 is 2.64 bits per heavy atom. The molecule has 0 aliphatic carbocycles. The Kier molecular flexibility index (Phi) is 3.75. The fourth-order valence-electron chi connectivity index (χ4n) is 1.44. The van der Waals surface area contributed by atoms with E-state index in [2.05, 4.69) is 5.48 Å². The number of nitrogens with one attached hydrogen (secondary N) is 1. The molecule has 0 atom stereocenters. The lowest BCUT2D eigenvalue weighted by Gasteiger charge is -2.14. The van der Waals surface area contributed by atoms with Crippen LogP contribution >= 0.6 is 11.6 Å². The van der Waals surface area contributed by atoms with E-state index in [9.17, 15) is 0 Å². The Hall–Kier alpha value is -0.770. The molecule has 0 aliphatic heterocycles. The average Bonchev–Trinajstić information content (AvgIpc) is 2.19. The normalized spacial score (nSPS) is 10.4. The van der Waals surface area contributed by atoms with E-state index in [4.69, 9.17) is 21.5 Å². The zero-order valence-electron chi connectivity index (χ0n) is 8.52. The number of benzene rings is 1. The van der Waals surface area contributed by atoms with Crippen LogP contribution in [0.1, 0.15) is 16.7 Å². The van der Waals surface area contributed by atoms with Crippen molar-refractivity contribution < 1.29 is 9.94 Å². The lowest BCUT2D eigenvalue weighted by Crippen LogP contribution is -2.09. The maximum absolute atomic E-state index is 8.68. The molecule has 0 saturated heterocycles. The highest BCUT2D eigenvalue weighted by molar-refractivity contribution is 6.32. The number of halogens is 1. The van der Waals surface area contributed by atoms with Gasteiger partial charge in [-0.3, -0.25) is 0 Å². The van der Waals surface area contributed by atoms with Crippen LogP contribution < -0.4 is 10.2 Å². The quantitative estimate of drug-likeness (QED) is 0.762. The molecule has 0 bridgehead atoms. The Morgan fingerprint density at radius 1 is 1.50 bits per heavy atom. The lowest BCUT2D eigenvalue weighted by molar-refractivity contribution is 0.160.